The Morgan fingerprint density at radius 3 is 2.31 bits per heavy atom. The van der Waals surface area contributed by atoms with Crippen molar-refractivity contribution >= 4 is 16.7 Å². The zero-order valence-electron chi connectivity index (χ0n) is 17.9. The summed E-state index contributed by atoms with van der Waals surface area (Å²) in [5.74, 6) is 1.16. The number of carbonyl (C=O) groups is 1. The monoisotopic (exact) mass is 429 g/mol. The Hall–Kier alpha value is -4.06. The molecule has 4 aromatic rings. The summed E-state index contributed by atoms with van der Waals surface area (Å²) in [6.07, 6.45) is 2.42. The molecule has 0 radical (unpaired) electrons. The van der Waals surface area contributed by atoms with E-state index < -0.39 is 5.97 Å². The van der Waals surface area contributed by atoms with E-state index in [1.54, 1.807) is 79.9 Å². The van der Waals surface area contributed by atoms with Gasteiger partial charge in [0.15, 0.2) is 0 Å². The molecule has 0 atom stereocenters. The molecule has 0 N–H and O–H groups in total. The lowest BCUT2D eigenvalue weighted by Gasteiger charge is -2.13. The van der Waals surface area contributed by atoms with E-state index in [0.717, 1.165) is 6.42 Å². The molecular weight excluding hydrogens is 406 g/mol. The normalized spacial score (nSPS) is 10.7. The molecule has 0 aliphatic rings. The van der Waals surface area contributed by atoms with Crippen LogP contribution in [0.15, 0.2) is 83.8 Å². The third-order valence-corrected chi connectivity index (χ3v) is 4.98. The van der Waals surface area contributed by atoms with Gasteiger partial charge in [-0.3, -0.25) is 9.36 Å². The number of methoxy groups -OCH3 is 1. The highest BCUT2D eigenvalue weighted by molar-refractivity contribution is 6.04. The van der Waals surface area contributed by atoms with Crippen molar-refractivity contribution in [3.8, 4) is 22.9 Å². The van der Waals surface area contributed by atoms with E-state index in [2.05, 4.69) is 0 Å². The second kappa shape index (κ2) is 9.39. The summed E-state index contributed by atoms with van der Waals surface area (Å²) in [4.78, 5) is 26.3. The van der Waals surface area contributed by atoms with Crippen LogP contribution in [0.1, 0.15) is 23.7 Å². The van der Waals surface area contributed by atoms with Gasteiger partial charge in [0, 0.05) is 23.0 Å². The molecule has 0 bridgehead atoms. The minimum Gasteiger partial charge on any atom is -0.497 e. The largest absolute Gasteiger partial charge is 0.497 e. The smallest absolute Gasteiger partial charge is 0.345 e. The summed E-state index contributed by atoms with van der Waals surface area (Å²) >= 11 is 0. The van der Waals surface area contributed by atoms with Gasteiger partial charge in [0.25, 0.3) is 5.56 Å². The SMILES string of the molecule is CCCOc1ccc(OC(=O)c2cn(-c3cccc(OC)c3)c(=O)c3ccccc23)cc1. The number of aromatic nitrogens is 1. The van der Waals surface area contributed by atoms with Crippen LogP contribution in [0, 0.1) is 0 Å². The molecule has 0 saturated carbocycles. The van der Waals surface area contributed by atoms with Gasteiger partial charge in [0.2, 0.25) is 0 Å². The first-order valence-electron chi connectivity index (χ1n) is 10.3. The first-order chi connectivity index (χ1) is 15.6. The first-order valence-corrected chi connectivity index (χ1v) is 10.3. The fourth-order valence-corrected chi connectivity index (χ4v) is 3.39. The summed E-state index contributed by atoms with van der Waals surface area (Å²) in [5, 5.41) is 0.956. The Morgan fingerprint density at radius 1 is 0.875 bits per heavy atom. The number of benzene rings is 3. The van der Waals surface area contributed by atoms with Gasteiger partial charge in [-0.25, -0.2) is 4.79 Å². The average Bonchev–Trinajstić information content (AvgIpc) is 2.84. The van der Waals surface area contributed by atoms with Gasteiger partial charge >= 0.3 is 5.97 Å². The van der Waals surface area contributed by atoms with Gasteiger partial charge in [0.05, 0.1) is 25.0 Å². The topological polar surface area (TPSA) is 66.8 Å². The summed E-state index contributed by atoms with van der Waals surface area (Å²) in [6, 6.07) is 21.0. The molecule has 0 spiro atoms. The Labute approximate surface area is 185 Å². The van der Waals surface area contributed by atoms with Gasteiger partial charge in [-0.2, -0.15) is 0 Å². The Balaban J connectivity index is 1.73. The molecule has 0 amide bonds. The fourth-order valence-electron chi connectivity index (χ4n) is 3.39. The van der Waals surface area contributed by atoms with Crippen LogP contribution in [0.25, 0.3) is 16.5 Å². The summed E-state index contributed by atoms with van der Waals surface area (Å²) in [6.45, 7) is 2.66. The van der Waals surface area contributed by atoms with E-state index in [1.807, 2.05) is 6.92 Å². The van der Waals surface area contributed by atoms with Gasteiger partial charge in [-0.05, 0) is 48.9 Å². The van der Waals surface area contributed by atoms with Crippen molar-refractivity contribution in [2.24, 2.45) is 0 Å². The van der Waals surface area contributed by atoms with Crippen molar-refractivity contribution in [1.29, 1.82) is 0 Å². The molecule has 1 aromatic heterocycles. The van der Waals surface area contributed by atoms with Crippen LogP contribution in [0.3, 0.4) is 0 Å². The van der Waals surface area contributed by atoms with Crippen LogP contribution in [-0.4, -0.2) is 24.3 Å². The van der Waals surface area contributed by atoms with Crippen molar-refractivity contribution in [3.63, 3.8) is 0 Å². The molecule has 0 unspecified atom stereocenters. The maximum atomic E-state index is 13.1. The lowest BCUT2D eigenvalue weighted by atomic mass is 10.1. The van der Waals surface area contributed by atoms with Gasteiger partial charge in [0.1, 0.15) is 17.2 Å². The molecule has 162 valence electrons. The van der Waals surface area contributed by atoms with Crippen LogP contribution in [-0.2, 0) is 0 Å². The molecule has 1 heterocycles. The third kappa shape index (κ3) is 4.34. The zero-order chi connectivity index (χ0) is 22.5. The van der Waals surface area contributed by atoms with E-state index in [1.165, 1.54) is 10.8 Å². The number of pyridine rings is 1. The summed E-state index contributed by atoms with van der Waals surface area (Å²) < 4.78 is 17.9. The minimum absolute atomic E-state index is 0.233. The second-order valence-corrected chi connectivity index (χ2v) is 7.17. The third-order valence-electron chi connectivity index (χ3n) is 4.98. The van der Waals surface area contributed by atoms with Crippen molar-refractivity contribution < 1.29 is 19.0 Å². The number of rotatable bonds is 7. The molecule has 6 heteroatoms. The van der Waals surface area contributed by atoms with Crippen molar-refractivity contribution in [1.82, 2.24) is 4.57 Å². The Kier molecular flexibility index (Phi) is 6.22. The standard InChI is InChI=1S/C26H23NO5/c1-3-15-31-19-11-13-20(14-12-19)32-26(29)24-17-27(18-7-6-8-21(16-18)30-2)25(28)23-10-5-4-9-22(23)24/h4-14,16-17H,3,15H2,1-2H3. The van der Waals surface area contributed by atoms with E-state index in [9.17, 15) is 9.59 Å². The molecule has 4 rings (SSSR count). The number of carbonyl (C=O) groups excluding carboxylic acids is 1. The quantitative estimate of drug-likeness (QED) is 0.305. The molecule has 3 aromatic carbocycles. The van der Waals surface area contributed by atoms with E-state index in [-0.39, 0.29) is 11.1 Å². The number of fused-ring (bicyclic) bond motifs is 1. The van der Waals surface area contributed by atoms with E-state index in [4.69, 9.17) is 14.2 Å². The molecule has 0 aliphatic heterocycles. The lowest BCUT2D eigenvalue weighted by molar-refractivity contribution is 0.0736. The average molecular weight is 429 g/mol. The molecular formula is C26H23NO5. The van der Waals surface area contributed by atoms with Crippen LogP contribution in [0.2, 0.25) is 0 Å². The van der Waals surface area contributed by atoms with Crippen LogP contribution in [0.5, 0.6) is 17.2 Å². The second-order valence-electron chi connectivity index (χ2n) is 7.17. The van der Waals surface area contributed by atoms with Crippen LogP contribution >= 0.6 is 0 Å². The summed E-state index contributed by atoms with van der Waals surface area (Å²) in [5.41, 5.74) is 0.642. The lowest BCUT2D eigenvalue weighted by Crippen LogP contribution is -2.22. The zero-order valence-corrected chi connectivity index (χ0v) is 17.9. The van der Waals surface area contributed by atoms with Gasteiger partial charge in [-0.1, -0.05) is 31.2 Å². The van der Waals surface area contributed by atoms with Crippen LogP contribution in [0.4, 0.5) is 0 Å². The van der Waals surface area contributed by atoms with Crippen molar-refractivity contribution in [2.75, 3.05) is 13.7 Å². The highest BCUT2D eigenvalue weighted by atomic mass is 16.5. The van der Waals surface area contributed by atoms with Crippen LogP contribution < -0.4 is 19.8 Å². The number of hydrogen-bond acceptors (Lipinski definition) is 5. The highest BCUT2D eigenvalue weighted by Crippen LogP contribution is 2.23. The Morgan fingerprint density at radius 2 is 1.59 bits per heavy atom. The molecule has 0 fully saturated rings. The van der Waals surface area contributed by atoms with Gasteiger partial charge in [-0.15, -0.1) is 0 Å². The van der Waals surface area contributed by atoms with E-state index in [0.29, 0.717) is 40.3 Å². The number of nitrogens with zero attached hydrogens (tertiary/aromatic N) is 1. The Bertz CT molecular complexity index is 1310. The maximum Gasteiger partial charge on any atom is 0.345 e. The fraction of sp³-hybridized carbons (Fsp3) is 0.154. The predicted molar refractivity (Wildman–Crippen MR) is 123 cm³/mol. The molecule has 0 saturated heterocycles. The maximum absolute atomic E-state index is 13.1. The highest BCUT2D eigenvalue weighted by Gasteiger charge is 2.18. The summed E-state index contributed by atoms with van der Waals surface area (Å²) in [7, 11) is 1.56. The van der Waals surface area contributed by atoms with Crippen molar-refractivity contribution in [3.05, 3.63) is 94.9 Å². The number of ether oxygens (including phenoxy) is 3. The predicted octanol–water partition coefficient (Wildman–Crippen LogP) is 5.01. The molecule has 6 nitrogen and oxygen atoms in total. The number of esters is 1. The molecule has 0 aliphatic carbocycles. The number of hydrogen-bond donors (Lipinski definition) is 0. The molecule has 32 heavy (non-hydrogen) atoms. The van der Waals surface area contributed by atoms with E-state index >= 15 is 0 Å². The first kappa shape index (κ1) is 21.2. The minimum atomic E-state index is -0.555. The van der Waals surface area contributed by atoms with Gasteiger partial charge < -0.3 is 14.2 Å². The van der Waals surface area contributed by atoms with Crippen molar-refractivity contribution in [2.45, 2.75) is 13.3 Å².